The number of aromatic nitrogens is 3. The number of aliphatic hydroxyl groups is 1. The van der Waals surface area contributed by atoms with E-state index in [0.29, 0.717) is 29.7 Å². The third-order valence-electron chi connectivity index (χ3n) is 6.67. The molecule has 1 aliphatic heterocycles. The van der Waals surface area contributed by atoms with Gasteiger partial charge in [-0.2, -0.15) is 0 Å². The van der Waals surface area contributed by atoms with Gasteiger partial charge in [-0.05, 0) is 42.9 Å². The summed E-state index contributed by atoms with van der Waals surface area (Å²) in [4.78, 5) is 36.5. The molecular weight excluding hydrogens is 461 g/mol. The Morgan fingerprint density at radius 2 is 1.97 bits per heavy atom. The number of imidazole rings is 1. The first-order valence-corrected chi connectivity index (χ1v) is 12.2. The molecule has 9 heteroatoms. The van der Waals surface area contributed by atoms with Gasteiger partial charge in [0.05, 0.1) is 30.9 Å². The van der Waals surface area contributed by atoms with Crippen LogP contribution in [0.5, 0.6) is 0 Å². The van der Waals surface area contributed by atoms with Crippen LogP contribution in [0.25, 0.3) is 11.1 Å². The lowest BCUT2D eigenvalue weighted by Crippen LogP contribution is -2.49. The molecule has 0 radical (unpaired) electrons. The van der Waals surface area contributed by atoms with Gasteiger partial charge < -0.3 is 19.9 Å². The van der Waals surface area contributed by atoms with Crippen molar-refractivity contribution < 1.29 is 19.1 Å². The van der Waals surface area contributed by atoms with Crippen LogP contribution in [0.4, 0.5) is 4.39 Å². The Morgan fingerprint density at radius 3 is 2.58 bits per heavy atom. The molecule has 0 aliphatic carbocycles. The van der Waals surface area contributed by atoms with Gasteiger partial charge >= 0.3 is 0 Å². The van der Waals surface area contributed by atoms with Crippen LogP contribution in [0, 0.1) is 18.7 Å². The smallest absolute Gasteiger partial charge is 0.246 e. The molecule has 2 aromatic heterocycles. The van der Waals surface area contributed by atoms with E-state index in [1.165, 1.54) is 6.20 Å². The molecular formula is C27H32FN5O3. The van der Waals surface area contributed by atoms with Gasteiger partial charge in [-0.15, -0.1) is 0 Å². The van der Waals surface area contributed by atoms with Gasteiger partial charge in [-0.1, -0.05) is 38.1 Å². The van der Waals surface area contributed by atoms with Gasteiger partial charge in [0.2, 0.25) is 11.8 Å². The summed E-state index contributed by atoms with van der Waals surface area (Å²) in [5.41, 5.74) is 2.61. The Balaban J connectivity index is 1.48. The van der Waals surface area contributed by atoms with Crippen molar-refractivity contribution in [1.82, 2.24) is 24.8 Å². The van der Waals surface area contributed by atoms with Crippen LogP contribution in [0.1, 0.15) is 50.0 Å². The topological polar surface area (TPSA) is 100 Å². The normalized spacial score (nSPS) is 17.3. The predicted octanol–water partition coefficient (Wildman–Crippen LogP) is 3.43. The number of likely N-dealkylation sites (tertiary alicyclic amines) is 1. The maximum atomic E-state index is 14.1. The van der Waals surface area contributed by atoms with Crippen molar-refractivity contribution in [3.8, 4) is 11.1 Å². The van der Waals surface area contributed by atoms with E-state index in [9.17, 15) is 19.1 Å². The summed E-state index contributed by atoms with van der Waals surface area (Å²) < 4.78 is 15.9. The molecule has 0 bridgehead atoms. The molecule has 3 atom stereocenters. The summed E-state index contributed by atoms with van der Waals surface area (Å²) in [6.07, 6.45) is 7.47. The molecule has 2 amide bonds. The number of rotatable bonds is 8. The molecule has 0 unspecified atom stereocenters. The fourth-order valence-electron chi connectivity index (χ4n) is 4.83. The number of nitrogens with one attached hydrogen (secondary N) is 1. The summed E-state index contributed by atoms with van der Waals surface area (Å²) >= 11 is 0. The van der Waals surface area contributed by atoms with Crippen LogP contribution >= 0.6 is 0 Å². The second-order valence-corrected chi connectivity index (χ2v) is 9.56. The average molecular weight is 494 g/mol. The number of carbonyl (C=O) groups excluding carboxylic acids is 2. The van der Waals surface area contributed by atoms with Crippen molar-refractivity contribution in [1.29, 1.82) is 0 Å². The SMILES string of the molecule is Cc1cn([C@H](C(=O)N2CCC[C@H]2C(=O)N[C@@H](CO)c2ccc(-c3ccncc3F)cc2)C(C)C)cn1. The molecule has 1 saturated heterocycles. The number of hydrogen-bond acceptors (Lipinski definition) is 5. The molecule has 3 aromatic rings. The number of benzene rings is 1. The molecule has 2 N–H and O–H groups in total. The van der Waals surface area contributed by atoms with Gasteiger partial charge in [0, 0.05) is 24.5 Å². The Bertz CT molecular complexity index is 1210. The molecule has 1 fully saturated rings. The van der Waals surface area contributed by atoms with Gasteiger partial charge in [0.15, 0.2) is 0 Å². The first-order valence-electron chi connectivity index (χ1n) is 12.2. The monoisotopic (exact) mass is 493 g/mol. The lowest BCUT2D eigenvalue weighted by Gasteiger charge is -2.31. The van der Waals surface area contributed by atoms with Crippen LogP contribution in [-0.2, 0) is 9.59 Å². The molecule has 36 heavy (non-hydrogen) atoms. The number of aryl methyl sites for hydroxylation is 1. The fraction of sp³-hybridized carbons (Fsp3) is 0.407. The molecule has 8 nitrogen and oxygen atoms in total. The van der Waals surface area contributed by atoms with Crippen molar-refractivity contribution in [3.05, 3.63) is 72.3 Å². The quantitative estimate of drug-likeness (QED) is 0.501. The van der Waals surface area contributed by atoms with Crippen molar-refractivity contribution in [3.63, 3.8) is 0 Å². The summed E-state index contributed by atoms with van der Waals surface area (Å²) in [5, 5.41) is 12.9. The second-order valence-electron chi connectivity index (χ2n) is 9.56. The Morgan fingerprint density at radius 1 is 1.22 bits per heavy atom. The lowest BCUT2D eigenvalue weighted by molar-refractivity contribution is -0.142. The van der Waals surface area contributed by atoms with E-state index in [2.05, 4.69) is 15.3 Å². The summed E-state index contributed by atoms with van der Waals surface area (Å²) in [7, 11) is 0. The third kappa shape index (κ3) is 5.31. The highest BCUT2D eigenvalue weighted by atomic mass is 19.1. The largest absolute Gasteiger partial charge is 0.394 e. The molecule has 1 aliphatic rings. The van der Waals surface area contributed by atoms with E-state index >= 15 is 0 Å². The number of carbonyl (C=O) groups is 2. The van der Waals surface area contributed by atoms with Gasteiger partial charge in [0.25, 0.3) is 0 Å². The zero-order valence-electron chi connectivity index (χ0n) is 20.8. The van der Waals surface area contributed by atoms with Crippen molar-refractivity contribution in [2.24, 2.45) is 5.92 Å². The number of halogens is 1. The minimum atomic E-state index is -0.649. The molecule has 0 spiro atoms. The zero-order valence-corrected chi connectivity index (χ0v) is 20.8. The highest BCUT2D eigenvalue weighted by Crippen LogP contribution is 2.28. The lowest BCUT2D eigenvalue weighted by atomic mass is 10.0. The van der Waals surface area contributed by atoms with Crippen LogP contribution < -0.4 is 5.32 Å². The number of nitrogens with zero attached hydrogens (tertiary/aromatic N) is 4. The first kappa shape index (κ1) is 25.5. The molecule has 3 heterocycles. The number of aliphatic hydroxyl groups excluding tert-OH is 1. The summed E-state index contributed by atoms with van der Waals surface area (Å²) in [5.74, 6) is -0.809. The first-order chi connectivity index (χ1) is 17.3. The second kappa shape index (κ2) is 11.0. The molecule has 190 valence electrons. The van der Waals surface area contributed by atoms with Crippen molar-refractivity contribution >= 4 is 11.8 Å². The Labute approximate surface area is 210 Å². The van der Waals surface area contributed by atoms with E-state index in [1.54, 1.807) is 41.6 Å². The molecule has 0 saturated carbocycles. The van der Waals surface area contributed by atoms with E-state index in [-0.39, 0.29) is 24.3 Å². The van der Waals surface area contributed by atoms with Gasteiger partial charge in [-0.3, -0.25) is 14.6 Å². The van der Waals surface area contributed by atoms with E-state index < -0.39 is 23.9 Å². The minimum absolute atomic E-state index is 0.0179. The van der Waals surface area contributed by atoms with E-state index in [4.69, 9.17) is 0 Å². The highest BCUT2D eigenvalue weighted by Gasteiger charge is 2.39. The van der Waals surface area contributed by atoms with Crippen LogP contribution in [-0.4, -0.2) is 55.5 Å². The number of amides is 2. The van der Waals surface area contributed by atoms with Gasteiger partial charge in [-0.25, -0.2) is 9.37 Å². The van der Waals surface area contributed by atoms with E-state index in [1.807, 2.05) is 31.5 Å². The van der Waals surface area contributed by atoms with Crippen LogP contribution in [0.3, 0.4) is 0 Å². The maximum Gasteiger partial charge on any atom is 0.246 e. The Hall–Kier alpha value is -3.59. The average Bonchev–Trinajstić information content (AvgIpc) is 3.52. The number of hydrogen-bond donors (Lipinski definition) is 2. The summed E-state index contributed by atoms with van der Waals surface area (Å²) in [6, 6.07) is 6.88. The third-order valence-corrected chi connectivity index (χ3v) is 6.67. The van der Waals surface area contributed by atoms with E-state index in [0.717, 1.165) is 18.3 Å². The predicted molar refractivity (Wildman–Crippen MR) is 133 cm³/mol. The van der Waals surface area contributed by atoms with Crippen molar-refractivity contribution in [2.45, 2.75) is 51.7 Å². The summed E-state index contributed by atoms with van der Waals surface area (Å²) in [6.45, 7) is 6.03. The van der Waals surface area contributed by atoms with Crippen LogP contribution in [0.15, 0.2) is 55.2 Å². The highest BCUT2D eigenvalue weighted by molar-refractivity contribution is 5.90. The van der Waals surface area contributed by atoms with Crippen LogP contribution in [0.2, 0.25) is 0 Å². The number of pyridine rings is 1. The minimum Gasteiger partial charge on any atom is -0.394 e. The maximum absolute atomic E-state index is 14.1. The van der Waals surface area contributed by atoms with Gasteiger partial charge in [0.1, 0.15) is 17.9 Å². The Kier molecular flexibility index (Phi) is 7.79. The fourth-order valence-corrected chi connectivity index (χ4v) is 4.83. The standard InChI is InChI=1S/C27H32FN5O3/c1-17(2)25(32-14-18(3)30-16-32)27(36)33-12-4-5-24(33)26(35)31-23(15-34)20-8-6-19(7-9-20)21-10-11-29-13-22(21)28/h6-11,13-14,16-17,23-25,34H,4-5,12,15H2,1-3H3,(H,31,35)/t23-,24-,25-/m0/s1. The molecule has 4 rings (SSSR count). The molecule has 1 aromatic carbocycles. The zero-order chi connectivity index (χ0) is 25.8. The van der Waals surface area contributed by atoms with Crippen molar-refractivity contribution in [2.75, 3.05) is 13.2 Å².